The summed E-state index contributed by atoms with van der Waals surface area (Å²) in [5, 5.41) is 21.2. The van der Waals surface area contributed by atoms with Crippen LogP contribution in [0, 0.1) is 16.2 Å². The molecule has 1 aliphatic rings. The van der Waals surface area contributed by atoms with E-state index in [2.05, 4.69) is 4.99 Å². The molecule has 0 saturated carbocycles. The summed E-state index contributed by atoms with van der Waals surface area (Å²) in [6, 6.07) is 7.74. The highest BCUT2D eigenvalue weighted by Gasteiger charge is 1.95. The highest BCUT2D eigenvalue weighted by Crippen LogP contribution is 1.82. The van der Waals surface area contributed by atoms with E-state index < -0.39 is 0 Å². The molecule has 0 fully saturated rings. The molecule has 0 amide bonds. The number of benzene rings is 1. The molecular weight excluding hydrogens is 152 g/mol. The third-order valence-corrected chi connectivity index (χ3v) is 1.47. The molecule has 0 bridgehead atoms. The maximum absolute atomic E-state index is 7.21. The van der Waals surface area contributed by atoms with Gasteiger partial charge in [0, 0.05) is 16.0 Å². The molecule has 0 aromatic heterocycles. The normalized spacial score (nSPS) is 11.7. The zero-order valence-electron chi connectivity index (χ0n) is 6.23. The molecule has 1 aromatic rings. The monoisotopic (exact) mass is 158 g/mol. The van der Waals surface area contributed by atoms with Crippen LogP contribution in [0.2, 0.25) is 0 Å². The van der Waals surface area contributed by atoms with Gasteiger partial charge in [0.1, 0.15) is 5.84 Å². The summed E-state index contributed by atoms with van der Waals surface area (Å²) in [6.07, 6.45) is 1.76. The SMILES string of the molecule is N#N.N=C1C=c2ccccc2=N1. The molecule has 1 N–H and O–H groups in total. The van der Waals surface area contributed by atoms with E-state index >= 15 is 0 Å². The molecule has 1 aliphatic heterocycles. The van der Waals surface area contributed by atoms with Gasteiger partial charge < -0.3 is 0 Å². The van der Waals surface area contributed by atoms with Gasteiger partial charge in [0.15, 0.2) is 0 Å². The minimum atomic E-state index is 0.348. The molecule has 0 atom stereocenters. The first kappa shape index (κ1) is 8.08. The second-order valence-corrected chi connectivity index (χ2v) is 2.20. The van der Waals surface area contributed by atoms with Crippen molar-refractivity contribution in [2.45, 2.75) is 0 Å². The first-order chi connectivity index (χ1) is 5.86. The minimum Gasteiger partial charge on any atom is -0.283 e. The van der Waals surface area contributed by atoms with E-state index in [1.165, 1.54) is 0 Å². The van der Waals surface area contributed by atoms with E-state index in [-0.39, 0.29) is 0 Å². The Morgan fingerprint density at radius 1 is 1.17 bits per heavy atom. The van der Waals surface area contributed by atoms with Crippen molar-refractivity contribution in [1.82, 2.24) is 0 Å². The average molecular weight is 158 g/mol. The second kappa shape index (κ2) is 3.39. The lowest BCUT2D eigenvalue weighted by Gasteiger charge is -1.77. The van der Waals surface area contributed by atoms with Crippen molar-refractivity contribution in [2.75, 3.05) is 0 Å². The number of nitrogens with one attached hydrogen (secondary N) is 1. The van der Waals surface area contributed by atoms with Crippen LogP contribution in [-0.2, 0) is 0 Å². The molecule has 2 rings (SSSR count). The Morgan fingerprint density at radius 3 is 2.50 bits per heavy atom. The van der Waals surface area contributed by atoms with E-state index in [4.69, 9.17) is 16.2 Å². The number of hydrogen-bond donors (Lipinski definition) is 1. The lowest BCUT2D eigenvalue weighted by Crippen LogP contribution is -2.19. The van der Waals surface area contributed by atoms with Crippen molar-refractivity contribution >= 4 is 11.9 Å². The Balaban J connectivity index is 0.000000336. The number of nitrogens with zero attached hydrogens (tertiary/aromatic N) is 3. The fraction of sp³-hybridized carbons (Fsp3) is 0. The van der Waals surface area contributed by atoms with Crippen LogP contribution >= 0.6 is 0 Å². The molecule has 12 heavy (non-hydrogen) atoms. The van der Waals surface area contributed by atoms with Crippen molar-refractivity contribution < 1.29 is 0 Å². The molecule has 0 aliphatic carbocycles. The summed E-state index contributed by atoms with van der Waals surface area (Å²) in [6.45, 7) is 0. The fourth-order valence-corrected chi connectivity index (χ4v) is 1.02. The molecule has 0 spiro atoms. The second-order valence-electron chi connectivity index (χ2n) is 2.20. The Bertz CT molecular complexity index is 393. The zero-order chi connectivity index (χ0) is 8.97. The van der Waals surface area contributed by atoms with Gasteiger partial charge in [-0.05, 0) is 12.1 Å². The molecule has 0 radical (unpaired) electrons. The van der Waals surface area contributed by atoms with Crippen molar-refractivity contribution in [2.24, 2.45) is 4.99 Å². The largest absolute Gasteiger partial charge is 0.283 e. The summed E-state index contributed by atoms with van der Waals surface area (Å²) >= 11 is 0. The molecule has 4 nitrogen and oxygen atoms in total. The van der Waals surface area contributed by atoms with E-state index in [0.717, 1.165) is 10.6 Å². The van der Waals surface area contributed by atoms with Gasteiger partial charge in [0.2, 0.25) is 0 Å². The standard InChI is InChI=1S/C8H6N2.N2/c9-8-5-6-3-1-2-4-7(6)10-8;1-2/h1-5,9H;. The molecule has 0 saturated heterocycles. The van der Waals surface area contributed by atoms with E-state index in [1.807, 2.05) is 24.3 Å². The Labute approximate surface area is 68.8 Å². The highest BCUT2D eigenvalue weighted by atomic mass is 14.8. The topological polar surface area (TPSA) is 83.8 Å². The van der Waals surface area contributed by atoms with Gasteiger partial charge in [-0.3, -0.25) is 5.41 Å². The van der Waals surface area contributed by atoms with Crippen molar-refractivity contribution in [3.8, 4) is 0 Å². The average Bonchev–Trinajstić information content (AvgIpc) is 2.48. The van der Waals surface area contributed by atoms with Gasteiger partial charge >= 0.3 is 0 Å². The summed E-state index contributed by atoms with van der Waals surface area (Å²) in [5.74, 6) is 0.348. The van der Waals surface area contributed by atoms with Crippen molar-refractivity contribution in [1.29, 1.82) is 16.2 Å². The first-order valence-electron chi connectivity index (χ1n) is 3.30. The molecule has 4 heteroatoms. The Kier molecular flexibility index (Phi) is 2.29. The van der Waals surface area contributed by atoms with Crippen LogP contribution in [-0.4, -0.2) is 5.84 Å². The third-order valence-electron chi connectivity index (χ3n) is 1.47. The van der Waals surface area contributed by atoms with Crippen LogP contribution in [0.25, 0.3) is 6.08 Å². The molecule has 0 unspecified atom stereocenters. The number of para-hydroxylation sites is 1. The molecule has 58 valence electrons. The quantitative estimate of drug-likeness (QED) is 0.543. The van der Waals surface area contributed by atoms with Gasteiger partial charge in [-0.25, -0.2) is 4.99 Å². The number of hydrogen-bond acceptors (Lipinski definition) is 3. The highest BCUT2D eigenvalue weighted by molar-refractivity contribution is 6.08. The summed E-state index contributed by atoms with van der Waals surface area (Å²) in [4.78, 5) is 3.98. The van der Waals surface area contributed by atoms with Gasteiger partial charge in [0.25, 0.3) is 0 Å². The van der Waals surface area contributed by atoms with Crippen LogP contribution in [0.15, 0.2) is 29.3 Å². The van der Waals surface area contributed by atoms with E-state index in [9.17, 15) is 0 Å². The smallest absolute Gasteiger partial charge is 0.145 e. The van der Waals surface area contributed by atoms with Crippen LogP contribution < -0.4 is 10.6 Å². The van der Waals surface area contributed by atoms with Gasteiger partial charge in [-0.1, -0.05) is 18.2 Å². The third kappa shape index (κ3) is 1.35. The zero-order valence-corrected chi connectivity index (χ0v) is 6.23. The van der Waals surface area contributed by atoms with Crippen molar-refractivity contribution in [3.63, 3.8) is 0 Å². The fourth-order valence-electron chi connectivity index (χ4n) is 1.02. The predicted molar refractivity (Wildman–Crippen MR) is 42.9 cm³/mol. The van der Waals surface area contributed by atoms with Gasteiger partial charge in [-0.15, -0.1) is 0 Å². The molecule has 1 heterocycles. The minimum absolute atomic E-state index is 0.348. The Morgan fingerprint density at radius 2 is 1.83 bits per heavy atom. The van der Waals surface area contributed by atoms with Crippen LogP contribution in [0.1, 0.15) is 0 Å². The van der Waals surface area contributed by atoms with E-state index in [1.54, 1.807) is 6.08 Å². The maximum atomic E-state index is 7.21. The van der Waals surface area contributed by atoms with Gasteiger partial charge in [-0.2, -0.15) is 0 Å². The van der Waals surface area contributed by atoms with Crippen LogP contribution in [0.4, 0.5) is 0 Å². The van der Waals surface area contributed by atoms with Crippen molar-refractivity contribution in [3.05, 3.63) is 34.8 Å². The van der Waals surface area contributed by atoms with Crippen LogP contribution in [0.5, 0.6) is 0 Å². The first-order valence-corrected chi connectivity index (χ1v) is 3.30. The lowest BCUT2D eigenvalue weighted by atomic mass is 10.3. The summed E-state index contributed by atoms with van der Waals surface area (Å²) in [5.41, 5.74) is 0. The van der Waals surface area contributed by atoms with Crippen LogP contribution in [0.3, 0.4) is 0 Å². The number of fused-ring (bicyclic) bond motifs is 1. The number of amidine groups is 1. The molecule has 1 aromatic carbocycles. The lowest BCUT2D eigenvalue weighted by molar-refractivity contribution is 1.15. The predicted octanol–water partition coefficient (Wildman–Crippen LogP) is 0.108. The van der Waals surface area contributed by atoms with Gasteiger partial charge in [0.05, 0.1) is 5.36 Å². The Hall–Kier alpha value is -2.02. The number of rotatable bonds is 0. The summed E-state index contributed by atoms with van der Waals surface area (Å²) in [7, 11) is 0. The summed E-state index contributed by atoms with van der Waals surface area (Å²) < 4.78 is 0. The molecular formula is C8H6N4. The van der Waals surface area contributed by atoms with E-state index in [0.29, 0.717) is 5.84 Å². The maximum Gasteiger partial charge on any atom is 0.145 e.